The predicted molar refractivity (Wildman–Crippen MR) is 47.3 cm³/mol. The van der Waals surface area contributed by atoms with Crippen molar-refractivity contribution in [3.05, 3.63) is 0 Å². The quantitative estimate of drug-likeness (QED) is 0.500. The van der Waals surface area contributed by atoms with Crippen molar-refractivity contribution in [2.45, 2.75) is 6.42 Å². The van der Waals surface area contributed by atoms with Crippen LogP contribution in [0.2, 0.25) is 0 Å². The van der Waals surface area contributed by atoms with Crippen LogP contribution in [0.4, 0.5) is 0 Å². The second-order valence-electron chi connectivity index (χ2n) is 1.78. The first-order valence-corrected chi connectivity index (χ1v) is 7.64. The molecule has 0 bridgehead atoms. The Balaban J connectivity index is 2.37. The van der Waals surface area contributed by atoms with Gasteiger partial charge < -0.3 is 0 Å². The van der Waals surface area contributed by atoms with Gasteiger partial charge in [0.15, 0.2) is 0 Å². The molecule has 0 aromatic heterocycles. The van der Waals surface area contributed by atoms with E-state index in [1.807, 2.05) is 0 Å². The van der Waals surface area contributed by atoms with Crippen molar-refractivity contribution in [3.63, 3.8) is 0 Å². The first-order chi connectivity index (χ1) is 4.27. The van der Waals surface area contributed by atoms with Gasteiger partial charge in [-0.1, -0.05) is 0 Å². The SMILES string of the molecule is CO[PH]1(S)OCCCS1. The Morgan fingerprint density at radius 1 is 1.78 bits per heavy atom. The van der Waals surface area contributed by atoms with Crippen LogP contribution in [-0.4, -0.2) is 19.5 Å². The molecule has 0 amide bonds. The van der Waals surface area contributed by atoms with Crippen LogP contribution in [0.1, 0.15) is 6.42 Å². The molecule has 1 rings (SSSR count). The molecule has 56 valence electrons. The third-order valence-electron chi connectivity index (χ3n) is 1.12. The number of rotatable bonds is 1. The number of hydrogen-bond donors (Lipinski definition) is 1. The van der Waals surface area contributed by atoms with Crippen LogP contribution < -0.4 is 0 Å². The summed E-state index contributed by atoms with van der Waals surface area (Å²) >= 11 is 6.03. The maximum atomic E-state index is 5.36. The summed E-state index contributed by atoms with van der Waals surface area (Å²) in [4.78, 5) is 0. The van der Waals surface area contributed by atoms with Gasteiger partial charge in [0, 0.05) is 0 Å². The van der Waals surface area contributed by atoms with Gasteiger partial charge in [0.2, 0.25) is 0 Å². The molecule has 5 heteroatoms. The molecule has 2 nitrogen and oxygen atoms in total. The Labute approximate surface area is 65.1 Å². The van der Waals surface area contributed by atoms with Crippen molar-refractivity contribution in [3.8, 4) is 0 Å². The van der Waals surface area contributed by atoms with Gasteiger partial charge in [0.1, 0.15) is 0 Å². The van der Waals surface area contributed by atoms with Crippen molar-refractivity contribution < 1.29 is 9.05 Å². The van der Waals surface area contributed by atoms with Crippen LogP contribution in [0.3, 0.4) is 0 Å². The van der Waals surface area contributed by atoms with Crippen molar-refractivity contribution in [1.29, 1.82) is 0 Å². The molecule has 1 aliphatic heterocycles. The standard InChI is InChI=1S/C4H11O2PS2/c1-5-7(8)6-3-2-4-9-7/h7-8H,2-4H2,1H3. The van der Waals surface area contributed by atoms with Gasteiger partial charge in [-0.15, -0.1) is 0 Å². The van der Waals surface area contributed by atoms with Gasteiger partial charge in [0.05, 0.1) is 0 Å². The van der Waals surface area contributed by atoms with Gasteiger partial charge in [-0.3, -0.25) is 0 Å². The van der Waals surface area contributed by atoms with Gasteiger partial charge in [0.25, 0.3) is 0 Å². The Hall–Kier alpha value is 1.05. The summed E-state index contributed by atoms with van der Waals surface area (Å²) in [5.41, 5.74) is 0. The molecule has 0 spiro atoms. The average molecular weight is 186 g/mol. The zero-order chi connectivity index (χ0) is 6.74. The maximum absolute atomic E-state index is 5.36. The number of thiol groups is 1. The van der Waals surface area contributed by atoms with Gasteiger partial charge in [-0.05, 0) is 0 Å². The van der Waals surface area contributed by atoms with E-state index in [1.54, 1.807) is 18.5 Å². The molecule has 0 atom stereocenters. The third-order valence-corrected chi connectivity index (χ3v) is 7.72. The second-order valence-corrected chi connectivity index (χ2v) is 9.37. The van der Waals surface area contributed by atoms with Gasteiger partial charge in [-0.2, -0.15) is 0 Å². The fourth-order valence-electron chi connectivity index (χ4n) is 0.621. The van der Waals surface area contributed by atoms with E-state index < -0.39 is 6.12 Å². The topological polar surface area (TPSA) is 18.5 Å². The first-order valence-electron chi connectivity index (χ1n) is 2.82. The fraction of sp³-hybridized carbons (Fsp3) is 1.00. The van der Waals surface area contributed by atoms with Crippen molar-refractivity contribution in [1.82, 2.24) is 0 Å². The molecule has 9 heavy (non-hydrogen) atoms. The fourth-order valence-corrected chi connectivity index (χ4v) is 5.02. The zero-order valence-corrected chi connectivity index (χ0v) is 8.00. The summed E-state index contributed by atoms with van der Waals surface area (Å²) < 4.78 is 10.5. The Morgan fingerprint density at radius 3 is 2.89 bits per heavy atom. The van der Waals surface area contributed by atoms with Crippen LogP contribution in [0.25, 0.3) is 0 Å². The Bertz CT molecular complexity index is 94.6. The monoisotopic (exact) mass is 186 g/mol. The minimum absolute atomic E-state index is 0.816. The molecule has 0 N–H and O–H groups in total. The van der Waals surface area contributed by atoms with E-state index in [-0.39, 0.29) is 0 Å². The van der Waals surface area contributed by atoms with Crippen LogP contribution >= 0.6 is 29.8 Å². The summed E-state index contributed by atoms with van der Waals surface area (Å²) in [6, 6.07) is 0. The molecule has 0 unspecified atom stereocenters. The van der Waals surface area contributed by atoms with Crippen LogP contribution in [0.5, 0.6) is 0 Å². The first kappa shape index (κ1) is 8.15. The molecule has 1 fully saturated rings. The number of hydrogen-bond acceptors (Lipinski definition) is 4. The average Bonchev–Trinajstić information content (AvgIpc) is 1.90. The molecule has 1 saturated heterocycles. The van der Waals surface area contributed by atoms with Crippen molar-refractivity contribution in [2.24, 2.45) is 0 Å². The summed E-state index contributed by atoms with van der Waals surface area (Å²) in [5, 5.41) is 0. The molecule has 0 aliphatic carbocycles. The normalized spacial score (nSPS) is 29.6. The van der Waals surface area contributed by atoms with Gasteiger partial charge >= 0.3 is 64.7 Å². The summed E-state index contributed by atoms with van der Waals surface area (Å²) in [6.07, 6.45) is -0.871. The van der Waals surface area contributed by atoms with Crippen molar-refractivity contribution in [2.75, 3.05) is 19.5 Å². The molecule has 0 radical (unpaired) electrons. The van der Waals surface area contributed by atoms with E-state index in [0.717, 1.165) is 18.8 Å². The summed E-state index contributed by atoms with van der Waals surface area (Å²) in [5.74, 6) is 1.13. The van der Waals surface area contributed by atoms with E-state index in [0.29, 0.717) is 0 Å². The second kappa shape index (κ2) is 3.44. The van der Waals surface area contributed by atoms with E-state index in [2.05, 4.69) is 12.2 Å². The van der Waals surface area contributed by atoms with E-state index in [4.69, 9.17) is 9.05 Å². The van der Waals surface area contributed by atoms with E-state index >= 15 is 0 Å². The summed E-state index contributed by atoms with van der Waals surface area (Å²) in [7, 11) is 1.66. The van der Waals surface area contributed by atoms with Gasteiger partial charge in [-0.25, -0.2) is 0 Å². The molecular weight excluding hydrogens is 175 g/mol. The van der Waals surface area contributed by atoms with E-state index in [9.17, 15) is 0 Å². The van der Waals surface area contributed by atoms with Crippen LogP contribution in [0.15, 0.2) is 0 Å². The molecular formula is C4H11O2PS2. The Morgan fingerprint density at radius 2 is 2.56 bits per heavy atom. The van der Waals surface area contributed by atoms with E-state index in [1.165, 1.54) is 0 Å². The Kier molecular flexibility index (Phi) is 3.12. The molecule has 0 aromatic carbocycles. The third kappa shape index (κ3) is 2.28. The minimum atomic E-state index is -2.00. The van der Waals surface area contributed by atoms with Crippen LogP contribution in [0, 0.1) is 0 Å². The zero-order valence-electron chi connectivity index (χ0n) is 5.29. The molecule has 1 aliphatic rings. The van der Waals surface area contributed by atoms with Crippen LogP contribution in [-0.2, 0) is 9.05 Å². The molecule has 0 saturated carbocycles. The molecule has 1 heterocycles. The van der Waals surface area contributed by atoms with Crippen molar-refractivity contribution >= 4 is 29.8 Å². The summed E-state index contributed by atoms with van der Waals surface area (Å²) in [6.45, 7) is 0.816. The predicted octanol–water partition coefficient (Wildman–Crippen LogP) is 2.13. The molecule has 0 aromatic rings.